The number of nitrogens with one attached hydrogen (secondary N) is 1. The standard InChI is InChI=1S/C18H18Cl2N2O5S/c1-11(27-18(24)13-4-7-15(19)16(20)10-13)17(23)22-9-8-12-2-5-14(6-3-12)28(21,25)26/h2-7,10-11H,8-9H2,1H3,(H,22,23)(H2,21,25,26). The summed E-state index contributed by atoms with van der Waals surface area (Å²) in [6, 6.07) is 10.3. The molecule has 0 aliphatic carbocycles. The number of halogens is 2. The molecular formula is C18H18Cl2N2O5S. The van der Waals surface area contributed by atoms with E-state index >= 15 is 0 Å². The number of ether oxygens (including phenoxy) is 1. The van der Waals surface area contributed by atoms with Gasteiger partial charge in [-0.1, -0.05) is 35.3 Å². The Hall–Kier alpha value is -2.13. The van der Waals surface area contributed by atoms with Gasteiger partial charge in [0.25, 0.3) is 5.91 Å². The molecule has 0 fully saturated rings. The van der Waals surface area contributed by atoms with Crippen LogP contribution in [0, 0.1) is 0 Å². The van der Waals surface area contributed by atoms with E-state index in [1.807, 2.05) is 0 Å². The molecule has 10 heteroatoms. The van der Waals surface area contributed by atoms with Crippen LogP contribution in [0.1, 0.15) is 22.8 Å². The van der Waals surface area contributed by atoms with Crippen LogP contribution in [0.25, 0.3) is 0 Å². The van der Waals surface area contributed by atoms with Crippen LogP contribution in [-0.2, 0) is 26.0 Å². The summed E-state index contributed by atoms with van der Waals surface area (Å²) in [7, 11) is -3.74. The number of hydrogen-bond acceptors (Lipinski definition) is 5. The lowest BCUT2D eigenvalue weighted by Crippen LogP contribution is -2.36. The third-order valence-electron chi connectivity index (χ3n) is 3.77. The van der Waals surface area contributed by atoms with Gasteiger partial charge in [0.1, 0.15) is 0 Å². The first-order valence-corrected chi connectivity index (χ1v) is 10.4. The Labute approximate surface area is 172 Å². The van der Waals surface area contributed by atoms with Crippen LogP contribution in [0.4, 0.5) is 0 Å². The van der Waals surface area contributed by atoms with E-state index in [9.17, 15) is 18.0 Å². The maximum atomic E-state index is 12.1. The Balaban J connectivity index is 1.83. The summed E-state index contributed by atoms with van der Waals surface area (Å²) in [5.41, 5.74) is 0.997. The van der Waals surface area contributed by atoms with E-state index in [2.05, 4.69) is 5.32 Å². The highest BCUT2D eigenvalue weighted by molar-refractivity contribution is 7.89. The van der Waals surface area contributed by atoms with E-state index in [-0.39, 0.29) is 22.0 Å². The van der Waals surface area contributed by atoms with Crippen LogP contribution < -0.4 is 10.5 Å². The van der Waals surface area contributed by atoms with Crippen LogP contribution >= 0.6 is 23.2 Å². The zero-order valence-electron chi connectivity index (χ0n) is 14.8. The van der Waals surface area contributed by atoms with Crippen LogP contribution in [0.15, 0.2) is 47.4 Å². The first-order chi connectivity index (χ1) is 13.1. The molecule has 0 spiro atoms. The molecule has 0 radical (unpaired) electrons. The van der Waals surface area contributed by atoms with Crippen molar-refractivity contribution in [2.45, 2.75) is 24.3 Å². The molecule has 1 amide bonds. The molecule has 0 bridgehead atoms. The lowest BCUT2D eigenvalue weighted by atomic mass is 10.1. The molecule has 0 aliphatic rings. The van der Waals surface area contributed by atoms with Gasteiger partial charge < -0.3 is 10.1 Å². The molecule has 0 saturated carbocycles. The summed E-state index contributed by atoms with van der Waals surface area (Å²) in [5.74, 6) is -1.16. The first-order valence-electron chi connectivity index (χ1n) is 8.13. The van der Waals surface area contributed by atoms with Crippen LogP contribution in [0.2, 0.25) is 10.0 Å². The maximum absolute atomic E-state index is 12.1. The Morgan fingerprint density at radius 1 is 1.11 bits per heavy atom. The monoisotopic (exact) mass is 444 g/mol. The van der Waals surface area contributed by atoms with Crippen molar-refractivity contribution in [1.29, 1.82) is 0 Å². The lowest BCUT2D eigenvalue weighted by Gasteiger charge is -2.14. The number of benzene rings is 2. The average molecular weight is 445 g/mol. The Kier molecular flexibility index (Phi) is 7.42. The van der Waals surface area contributed by atoms with Crippen molar-refractivity contribution in [1.82, 2.24) is 5.32 Å². The Bertz CT molecular complexity index is 978. The molecule has 0 heterocycles. The van der Waals surface area contributed by atoms with Crippen molar-refractivity contribution in [2.75, 3.05) is 6.54 Å². The third-order valence-corrected chi connectivity index (χ3v) is 5.44. The van der Waals surface area contributed by atoms with Crippen LogP contribution in [-0.4, -0.2) is 32.9 Å². The topological polar surface area (TPSA) is 116 Å². The van der Waals surface area contributed by atoms with Gasteiger partial charge in [0, 0.05) is 6.54 Å². The largest absolute Gasteiger partial charge is 0.449 e. The molecule has 0 aromatic heterocycles. The summed E-state index contributed by atoms with van der Waals surface area (Å²) < 4.78 is 27.5. The predicted octanol–water partition coefficient (Wildman–Crippen LogP) is 2.54. The van der Waals surface area contributed by atoms with Gasteiger partial charge in [-0.05, 0) is 49.2 Å². The summed E-state index contributed by atoms with van der Waals surface area (Å²) in [6.07, 6.45) is -0.545. The van der Waals surface area contributed by atoms with Crippen molar-refractivity contribution in [3.05, 3.63) is 63.6 Å². The van der Waals surface area contributed by atoms with E-state index in [0.717, 1.165) is 5.56 Å². The molecule has 7 nitrogen and oxygen atoms in total. The number of hydrogen-bond donors (Lipinski definition) is 2. The van der Waals surface area contributed by atoms with E-state index < -0.39 is 28.0 Å². The quantitative estimate of drug-likeness (QED) is 0.636. The summed E-state index contributed by atoms with van der Waals surface area (Å²) in [5, 5.41) is 8.20. The highest BCUT2D eigenvalue weighted by atomic mass is 35.5. The van der Waals surface area contributed by atoms with E-state index in [1.165, 1.54) is 37.3 Å². The van der Waals surface area contributed by atoms with Crippen molar-refractivity contribution < 1.29 is 22.7 Å². The smallest absolute Gasteiger partial charge is 0.338 e. The number of esters is 1. The molecule has 28 heavy (non-hydrogen) atoms. The molecule has 0 saturated heterocycles. The highest BCUT2D eigenvalue weighted by Crippen LogP contribution is 2.23. The SMILES string of the molecule is CC(OC(=O)c1ccc(Cl)c(Cl)c1)C(=O)NCCc1ccc(S(N)(=O)=O)cc1. The lowest BCUT2D eigenvalue weighted by molar-refractivity contribution is -0.129. The molecule has 2 aromatic rings. The van der Waals surface area contributed by atoms with Crippen molar-refractivity contribution in [3.8, 4) is 0 Å². The van der Waals surface area contributed by atoms with Gasteiger partial charge in [0.05, 0.1) is 20.5 Å². The minimum Gasteiger partial charge on any atom is -0.449 e. The van der Waals surface area contributed by atoms with Gasteiger partial charge in [-0.25, -0.2) is 18.4 Å². The number of sulfonamides is 1. The fourth-order valence-corrected chi connectivity index (χ4v) is 3.04. The molecule has 1 atom stereocenters. The Morgan fingerprint density at radius 2 is 1.75 bits per heavy atom. The number of nitrogens with two attached hydrogens (primary N) is 1. The minimum absolute atomic E-state index is 0.0168. The van der Waals surface area contributed by atoms with Crippen LogP contribution in [0.3, 0.4) is 0 Å². The molecule has 2 rings (SSSR count). The second-order valence-corrected chi connectivity index (χ2v) is 8.28. The normalized spacial score (nSPS) is 12.3. The number of amides is 1. The number of primary sulfonamides is 1. The van der Waals surface area contributed by atoms with Gasteiger partial charge >= 0.3 is 5.97 Å². The molecule has 0 aliphatic heterocycles. The average Bonchev–Trinajstić information content (AvgIpc) is 2.63. The Morgan fingerprint density at radius 3 is 2.32 bits per heavy atom. The van der Waals surface area contributed by atoms with Crippen molar-refractivity contribution in [3.63, 3.8) is 0 Å². The number of carbonyl (C=O) groups excluding carboxylic acids is 2. The van der Waals surface area contributed by atoms with Crippen LogP contribution in [0.5, 0.6) is 0 Å². The predicted molar refractivity (Wildman–Crippen MR) is 106 cm³/mol. The van der Waals surface area contributed by atoms with Gasteiger partial charge in [0.2, 0.25) is 10.0 Å². The third kappa shape index (κ3) is 6.20. The fourth-order valence-electron chi connectivity index (χ4n) is 2.22. The number of rotatable bonds is 7. The van der Waals surface area contributed by atoms with Gasteiger partial charge in [-0.15, -0.1) is 0 Å². The van der Waals surface area contributed by atoms with E-state index in [0.29, 0.717) is 11.4 Å². The second-order valence-electron chi connectivity index (χ2n) is 5.91. The summed E-state index contributed by atoms with van der Waals surface area (Å²) in [6.45, 7) is 1.73. The van der Waals surface area contributed by atoms with Crippen molar-refractivity contribution >= 4 is 45.1 Å². The first kappa shape index (κ1) is 22.2. The second kappa shape index (κ2) is 9.38. The zero-order valence-corrected chi connectivity index (χ0v) is 17.1. The molecule has 2 aromatic carbocycles. The maximum Gasteiger partial charge on any atom is 0.338 e. The van der Waals surface area contributed by atoms with E-state index in [1.54, 1.807) is 12.1 Å². The minimum atomic E-state index is -3.74. The highest BCUT2D eigenvalue weighted by Gasteiger charge is 2.19. The molecule has 150 valence electrons. The van der Waals surface area contributed by atoms with Gasteiger partial charge in [0.15, 0.2) is 6.10 Å². The molecule has 3 N–H and O–H groups in total. The van der Waals surface area contributed by atoms with E-state index in [4.69, 9.17) is 33.1 Å². The van der Waals surface area contributed by atoms with Gasteiger partial charge in [-0.2, -0.15) is 0 Å². The summed E-state index contributed by atoms with van der Waals surface area (Å²) >= 11 is 11.7. The molecular weight excluding hydrogens is 427 g/mol. The number of carbonyl (C=O) groups is 2. The molecule has 1 unspecified atom stereocenters. The fraction of sp³-hybridized carbons (Fsp3) is 0.222. The zero-order chi connectivity index (χ0) is 20.9. The summed E-state index contributed by atoms with van der Waals surface area (Å²) in [4.78, 5) is 24.2. The van der Waals surface area contributed by atoms with Gasteiger partial charge in [-0.3, -0.25) is 4.79 Å². The van der Waals surface area contributed by atoms with Crippen molar-refractivity contribution in [2.24, 2.45) is 5.14 Å².